The number of hydrogen-bond acceptors (Lipinski definition) is 2. The van der Waals surface area contributed by atoms with Crippen molar-refractivity contribution in [3.8, 4) is 0 Å². The van der Waals surface area contributed by atoms with Crippen molar-refractivity contribution in [2.75, 3.05) is 13.1 Å². The number of hydrogen-bond donors (Lipinski definition) is 1. The molecule has 0 radical (unpaired) electrons. The summed E-state index contributed by atoms with van der Waals surface area (Å²) in [6, 6.07) is 6.81. The van der Waals surface area contributed by atoms with Crippen LogP contribution in [0.25, 0.3) is 0 Å². The van der Waals surface area contributed by atoms with E-state index >= 15 is 0 Å². The van der Waals surface area contributed by atoms with Crippen LogP contribution < -0.4 is 0 Å². The highest BCUT2D eigenvalue weighted by atomic mass is 35.5. The highest BCUT2D eigenvalue weighted by molar-refractivity contribution is 6.33. The summed E-state index contributed by atoms with van der Waals surface area (Å²) in [6.07, 6.45) is 0. The largest absolute Gasteiger partial charge is 0.481 e. The van der Waals surface area contributed by atoms with E-state index in [1.165, 1.54) is 0 Å². The molecule has 0 aliphatic carbocycles. The van der Waals surface area contributed by atoms with Crippen molar-refractivity contribution in [3.63, 3.8) is 0 Å². The van der Waals surface area contributed by atoms with Gasteiger partial charge < -0.3 is 10.0 Å². The molecule has 4 nitrogen and oxygen atoms in total. The fourth-order valence-corrected chi connectivity index (χ4v) is 2.48. The van der Waals surface area contributed by atoms with E-state index in [-0.39, 0.29) is 18.4 Å². The molecular weight excluding hydrogens is 254 g/mol. The molecule has 2 atom stereocenters. The lowest BCUT2D eigenvalue weighted by Crippen LogP contribution is -2.30. The number of carbonyl (C=O) groups is 2. The predicted octanol–water partition coefficient (Wildman–Crippen LogP) is 2.13. The summed E-state index contributed by atoms with van der Waals surface area (Å²) in [5.74, 6) is -1.57. The molecule has 0 bridgehead atoms. The van der Waals surface area contributed by atoms with Crippen molar-refractivity contribution in [1.82, 2.24) is 4.90 Å². The number of amides is 1. The number of likely N-dealkylation sites (tertiary alicyclic amines) is 1. The molecule has 1 fully saturated rings. The van der Waals surface area contributed by atoms with Crippen LogP contribution in [0.5, 0.6) is 0 Å². The van der Waals surface area contributed by atoms with Crippen LogP contribution in [-0.4, -0.2) is 35.0 Å². The van der Waals surface area contributed by atoms with Crippen LogP contribution in [0.3, 0.4) is 0 Å². The van der Waals surface area contributed by atoms with Gasteiger partial charge in [-0.15, -0.1) is 0 Å². The Morgan fingerprint density at radius 3 is 2.56 bits per heavy atom. The molecule has 1 amide bonds. The smallest absolute Gasteiger partial charge is 0.308 e. The zero-order valence-corrected chi connectivity index (χ0v) is 10.7. The van der Waals surface area contributed by atoms with E-state index in [1.807, 2.05) is 6.92 Å². The van der Waals surface area contributed by atoms with Gasteiger partial charge in [-0.05, 0) is 18.1 Å². The summed E-state index contributed by atoms with van der Waals surface area (Å²) < 4.78 is 0. The maximum Gasteiger partial charge on any atom is 0.308 e. The number of carbonyl (C=O) groups excluding carboxylic acids is 1. The maximum atomic E-state index is 12.2. The topological polar surface area (TPSA) is 57.6 Å². The zero-order chi connectivity index (χ0) is 13.3. The lowest BCUT2D eigenvalue weighted by molar-refractivity contribution is -0.142. The molecule has 1 N–H and O–H groups in total. The standard InChI is InChI=1S/C13H14ClNO3/c1-8-6-15(7-10(8)13(17)18)12(16)9-4-2-3-5-11(9)14/h2-5,8,10H,6-7H2,1H3,(H,17,18)/t8-,10-/m1/s1. The third-order valence-corrected chi connectivity index (χ3v) is 3.65. The van der Waals surface area contributed by atoms with Gasteiger partial charge >= 0.3 is 5.97 Å². The third-order valence-electron chi connectivity index (χ3n) is 3.32. The molecule has 0 saturated carbocycles. The fourth-order valence-electron chi connectivity index (χ4n) is 2.26. The fraction of sp³-hybridized carbons (Fsp3) is 0.385. The molecule has 1 aliphatic rings. The Morgan fingerprint density at radius 2 is 2.00 bits per heavy atom. The van der Waals surface area contributed by atoms with Gasteiger partial charge in [-0.1, -0.05) is 30.7 Å². The Bertz CT molecular complexity index is 489. The van der Waals surface area contributed by atoms with Crippen LogP contribution in [0.2, 0.25) is 5.02 Å². The highest BCUT2D eigenvalue weighted by Gasteiger charge is 2.37. The highest BCUT2D eigenvalue weighted by Crippen LogP contribution is 2.26. The number of carboxylic acid groups (broad SMARTS) is 1. The van der Waals surface area contributed by atoms with Gasteiger partial charge in [0.1, 0.15) is 0 Å². The van der Waals surface area contributed by atoms with Crippen molar-refractivity contribution in [1.29, 1.82) is 0 Å². The molecule has 2 rings (SSSR count). The van der Waals surface area contributed by atoms with Crippen molar-refractivity contribution < 1.29 is 14.7 Å². The molecule has 1 aromatic carbocycles. The second-order valence-corrected chi connectivity index (χ2v) is 5.02. The first-order chi connectivity index (χ1) is 8.50. The van der Waals surface area contributed by atoms with Gasteiger partial charge in [-0.3, -0.25) is 9.59 Å². The number of rotatable bonds is 2. The summed E-state index contributed by atoms with van der Waals surface area (Å²) >= 11 is 5.97. The minimum Gasteiger partial charge on any atom is -0.481 e. The van der Waals surface area contributed by atoms with Gasteiger partial charge in [0.15, 0.2) is 0 Å². The average Bonchev–Trinajstić information content (AvgIpc) is 2.71. The van der Waals surface area contributed by atoms with Gasteiger partial charge in [0.2, 0.25) is 0 Å². The Kier molecular flexibility index (Phi) is 3.57. The predicted molar refractivity (Wildman–Crippen MR) is 67.6 cm³/mol. The second kappa shape index (κ2) is 4.98. The Labute approximate surface area is 110 Å². The van der Waals surface area contributed by atoms with Gasteiger partial charge in [-0.25, -0.2) is 0 Å². The maximum absolute atomic E-state index is 12.2. The molecule has 1 aliphatic heterocycles. The van der Waals surface area contributed by atoms with Gasteiger partial charge in [0, 0.05) is 13.1 Å². The lowest BCUT2D eigenvalue weighted by atomic mass is 9.99. The monoisotopic (exact) mass is 267 g/mol. The second-order valence-electron chi connectivity index (χ2n) is 4.61. The molecule has 0 spiro atoms. The van der Waals surface area contributed by atoms with Gasteiger partial charge in [0.05, 0.1) is 16.5 Å². The molecule has 18 heavy (non-hydrogen) atoms. The molecule has 0 unspecified atom stereocenters. The number of aliphatic carboxylic acids is 1. The number of carboxylic acids is 1. The molecule has 1 saturated heterocycles. The Hall–Kier alpha value is -1.55. The molecule has 5 heteroatoms. The van der Waals surface area contributed by atoms with Crippen LogP contribution >= 0.6 is 11.6 Å². The van der Waals surface area contributed by atoms with E-state index < -0.39 is 11.9 Å². The average molecular weight is 268 g/mol. The van der Waals surface area contributed by atoms with Crippen LogP contribution in [0.4, 0.5) is 0 Å². The van der Waals surface area contributed by atoms with Crippen molar-refractivity contribution in [2.24, 2.45) is 11.8 Å². The first-order valence-corrected chi connectivity index (χ1v) is 6.15. The van der Waals surface area contributed by atoms with E-state index in [4.69, 9.17) is 16.7 Å². The van der Waals surface area contributed by atoms with E-state index in [0.717, 1.165) is 0 Å². The number of halogens is 1. The van der Waals surface area contributed by atoms with E-state index in [1.54, 1.807) is 29.2 Å². The lowest BCUT2D eigenvalue weighted by Gasteiger charge is -2.16. The van der Waals surface area contributed by atoms with Crippen LogP contribution in [0, 0.1) is 11.8 Å². The van der Waals surface area contributed by atoms with Crippen LogP contribution in [0.15, 0.2) is 24.3 Å². The SMILES string of the molecule is C[C@@H]1CN(C(=O)c2ccccc2Cl)C[C@H]1C(=O)O. The first-order valence-electron chi connectivity index (χ1n) is 5.77. The van der Waals surface area contributed by atoms with Crippen LogP contribution in [0.1, 0.15) is 17.3 Å². The zero-order valence-electron chi connectivity index (χ0n) is 9.97. The Morgan fingerprint density at radius 1 is 1.33 bits per heavy atom. The van der Waals surface area contributed by atoms with Crippen LogP contribution in [-0.2, 0) is 4.79 Å². The quantitative estimate of drug-likeness (QED) is 0.893. The summed E-state index contributed by atoms with van der Waals surface area (Å²) in [5.41, 5.74) is 0.428. The normalized spacial score (nSPS) is 23.1. The molecule has 96 valence electrons. The van der Waals surface area contributed by atoms with Crippen molar-refractivity contribution in [3.05, 3.63) is 34.9 Å². The summed E-state index contributed by atoms with van der Waals surface area (Å²) in [6.45, 7) is 2.56. The van der Waals surface area contributed by atoms with E-state index in [0.29, 0.717) is 17.1 Å². The summed E-state index contributed by atoms with van der Waals surface area (Å²) in [4.78, 5) is 24.8. The molecule has 1 heterocycles. The Balaban J connectivity index is 2.17. The number of nitrogens with zero attached hydrogens (tertiary/aromatic N) is 1. The molecular formula is C13H14ClNO3. The van der Waals surface area contributed by atoms with Gasteiger partial charge in [0.25, 0.3) is 5.91 Å². The summed E-state index contributed by atoms with van der Waals surface area (Å²) in [7, 11) is 0. The first kappa shape index (κ1) is 12.9. The van der Waals surface area contributed by atoms with E-state index in [2.05, 4.69) is 0 Å². The third kappa shape index (κ3) is 2.34. The molecule has 1 aromatic rings. The van der Waals surface area contributed by atoms with Crippen molar-refractivity contribution >= 4 is 23.5 Å². The van der Waals surface area contributed by atoms with E-state index in [9.17, 15) is 9.59 Å². The molecule has 0 aromatic heterocycles. The van der Waals surface area contributed by atoms with Gasteiger partial charge in [-0.2, -0.15) is 0 Å². The van der Waals surface area contributed by atoms with Crippen molar-refractivity contribution in [2.45, 2.75) is 6.92 Å². The number of benzene rings is 1. The minimum atomic E-state index is -0.850. The minimum absolute atomic E-state index is 0.0334. The summed E-state index contributed by atoms with van der Waals surface area (Å²) in [5, 5.41) is 9.44.